The van der Waals surface area contributed by atoms with Gasteiger partial charge in [0.1, 0.15) is 5.75 Å². The molecule has 25 heavy (non-hydrogen) atoms. The summed E-state index contributed by atoms with van der Waals surface area (Å²) in [5.74, 6) is 0.401. The van der Waals surface area contributed by atoms with Crippen LogP contribution in [0.5, 0.6) is 5.75 Å². The second-order valence-electron chi connectivity index (χ2n) is 6.53. The van der Waals surface area contributed by atoms with Gasteiger partial charge in [0, 0.05) is 11.6 Å². The number of carbonyl (C=O) groups is 2. The van der Waals surface area contributed by atoms with Gasteiger partial charge in [0.2, 0.25) is 5.91 Å². The summed E-state index contributed by atoms with van der Waals surface area (Å²) in [6.07, 6.45) is 0.884. The van der Waals surface area contributed by atoms with Gasteiger partial charge in [-0.05, 0) is 61.1 Å². The summed E-state index contributed by atoms with van der Waals surface area (Å²) in [5.41, 5.74) is 9.19. The first-order valence-corrected chi connectivity index (χ1v) is 8.34. The largest absolute Gasteiger partial charge is 0.484 e. The van der Waals surface area contributed by atoms with Crippen LogP contribution in [0, 0.1) is 19.8 Å². The van der Waals surface area contributed by atoms with Gasteiger partial charge in [0.25, 0.3) is 5.91 Å². The van der Waals surface area contributed by atoms with Crippen LogP contribution in [-0.4, -0.2) is 18.4 Å². The third kappa shape index (κ3) is 3.99. The number of anilines is 1. The zero-order valence-electron chi connectivity index (χ0n) is 14.4. The Morgan fingerprint density at radius 1 is 1.16 bits per heavy atom. The Labute approximate surface area is 147 Å². The first-order chi connectivity index (χ1) is 12.0. The quantitative estimate of drug-likeness (QED) is 0.850. The zero-order valence-corrected chi connectivity index (χ0v) is 14.4. The van der Waals surface area contributed by atoms with E-state index in [0.717, 1.165) is 17.7 Å². The number of hydrogen-bond acceptors (Lipinski definition) is 3. The second-order valence-corrected chi connectivity index (χ2v) is 6.53. The van der Waals surface area contributed by atoms with Gasteiger partial charge in [-0.2, -0.15) is 0 Å². The number of nitrogens with two attached hydrogens (primary N) is 1. The summed E-state index contributed by atoms with van der Waals surface area (Å²) in [4.78, 5) is 23.3. The summed E-state index contributed by atoms with van der Waals surface area (Å²) < 4.78 is 5.27. The fourth-order valence-corrected chi connectivity index (χ4v) is 3.08. The predicted molar refractivity (Wildman–Crippen MR) is 96.5 cm³/mol. The molecule has 0 spiro atoms. The number of amides is 2. The molecule has 0 heterocycles. The van der Waals surface area contributed by atoms with Gasteiger partial charge in [-0.15, -0.1) is 0 Å². The van der Waals surface area contributed by atoms with Crippen molar-refractivity contribution in [3.05, 3.63) is 59.2 Å². The average molecular weight is 338 g/mol. The summed E-state index contributed by atoms with van der Waals surface area (Å²) in [5, 5.41) is 3.00. The van der Waals surface area contributed by atoms with E-state index in [1.54, 1.807) is 18.2 Å². The number of carbonyl (C=O) groups excluding carboxylic acids is 2. The van der Waals surface area contributed by atoms with Crippen molar-refractivity contribution in [2.75, 3.05) is 11.9 Å². The molecule has 2 aromatic rings. The van der Waals surface area contributed by atoms with Crippen LogP contribution in [0.2, 0.25) is 0 Å². The van der Waals surface area contributed by atoms with Gasteiger partial charge in [0.05, 0.1) is 0 Å². The third-order valence-corrected chi connectivity index (χ3v) is 4.55. The number of rotatable bonds is 6. The van der Waals surface area contributed by atoms with Crippen molar-refractivity contribution in [2.45, 2.75) is 26.2 Å². The maximum absolute atomic E-state index is 12.5. The summed E-state index contributed by atoms with van der Waals surface area (Å²) in [6.45, 7) is 3.81. The van der Waals surface area contributed by atoms with Crippen molar-refractivity contribution in [1.82, 2.24) is 0 Å². The van der Waals surface area contributed by atoms with Gasteiger partial charge in [0.15, 0.2) is 6.61 Å². The molecule has 2 amide bonds. The summed E-state index contributed by atoms with van der Waals surface area (Å²) >= 11 is 0. The molecule has 2 aromatic carbocycles. The molecule has 1 saturated carbocycles. The normalized spacial score (nSPS) is 18.5. The van der Waals surface area contributed by atoms with Crippen molar-refractivity contribution in [1.29, 1.82) is 0 Å². The van der Waals surface area contributed by atoms with E-state index in [4.69, 9.17) is 10.5 Å². The number of primary amides is 1. The highest BCUT2D eigenvalue weighted by molar-refractivity contribution is 5.96. The van der Waals surface area contributed by atoms with E-state index in [1.807, 2.05) is 19.1 Å². The molecule has 3 rings (SSSR count). The maximum atomic E-state index is 12.5. The molecule has 1 fully saturated rings. The molecule has 130 valence electrons. The minimum absolute atomic E-state index is 0.0197. The molecule has 3 N–H and O–H groups in total. The molecule has 5 heteroatoms. The fraction of sp³-hybridized carbons (Fsp3) is 0.300. The van der Waals surface area contributed by atoms with Crippen LogP contribution < -0.4 is 15.8 Å². The maximum Gasteiger partial charge on any atom is 0.255 e. The van der Waals surface area contributed by atoms with Crippen molar-refractivity contribution < 1.29 is 14.3 Å². The van der Waals surface area contributed by atoms with Crippen LogP contribution in [0.4, 0.5) is 5.69 Å². The van der Waals surface area contributed by atoms with Gasteiger partial charge in [-0.3, -0.25) is 9.59 Å². The predicted octanol–water partition coefficient (Wildman–Crippen LogP) is 2.91. The molecule has 1 aliphatic carbocycles. The minimum atomic E-state index is -0.522. The molecule has 5 nitrogen and oxygen atoms in total. The number of aryl methyl sites for hydroxylation is 2. The molecule has 0 radical (unpaired) electrons. The Morgan fingerprint density at radius 2 is 1.92 bits per heavy atom. The Bertz CT molecular complexity index is 816. The SMILES string of the molecule is Cc1cc(OCC(N)=O)ccc1NC(=O)[C@@H]1C[C@H]1c1ccccc1C. The Morgan fingerprint density at radius 3 is 2.60 bits per heavy atom. The molecule has 1 aliphatic rings. The highest BCUT2D eigenvalue weighted by atomic mass is 16.5. The van der Waals surface area contributed by atoms with Crippen molar-refractivity contribution in [3.8, 4) is 5.75 Å². The third-order valence-electron chi connectivity index (χ3n) is 4.55. The topological polar surface area (TPSA) is 81.4 Å². The standard InChI is InChI=1S/C20H22N2O3/c1-12-5-3-4-6-15(12)16-10-17(16)20(24)22-18-8-7-14(9-13(18)2)25-11-19(21)23/h3-9,16-17H,10-11H2,1-2H3,(H2,21,23)(H,22,24)/t16-,17+/m0/s1. The van der Waals surface area contributed by atoms with E-state index >= 15 is 0 Å². The van der Waals surface area contributed by atoms with Crippen molar-refractivity contribution >= 4 is 17.5 Å². The van der Waals surface area contributed by atoms with E-state index in [2.05, 4.69) is 24.4 Å². The van der Waals surface area contributed by atoms with Crippen LogP contribution >= 0.6 is 0 Å². The molecule has 0 aliphatic heterocycles. The van der Waals surface area contributed by atoms with Gasteiger partial charge in [-0.1, -0.05) is 24.3 Å². The fourth-order valence-electron chi connectivity index (χ4n) is 3.08. The first kappa shape index (κ1) is 17.0. The monoisotopic (exact) mass is 338 g/mol. The highest BCUT2D eigenvalue weighted by Gasteiger charge is 2.44. The summed E-state index contributed by atoms with van der Waals surface area (Å²) in [6, 6.07) is 13.5. The molecule has 0 bridgehead atoms. The van der Waals surface area contributed by atoms with E-state index in [9.17, 15) is 9.59 Å². The molecule has 0 aromatic heterocycles. The number of hydrogen-bond donors (Lipinski definition) is 2. The van der Waals surface area contributed by atoms with E-state index in [-0.39, 0.29) is 18.4 Å². The highest BCUT2D eigenvalue weighted by Crippen LogP contribution is 2.49. The zero-order chi connectivity index (χ0) is 18.0. The van der Waals surface area contributed by atoms with E-state index in [1.165, 1.54) is 11.1 Å². The number of benzene rings is 2. The Hall–Kier alpha value is -2.82. The van der Waals surface area contributed by atoms with Crippen LogP contribution in [0.3, 0.4) is 0 Å². The van der Waals surface area contributed by atoms with Gasteiger partial charge >= 0.3 is 0 Å². The van der Waals surface area contributed by atoms with Crippen LogP contribution in [-0.2, 0) is 9.59 Å². The van der Waals surface area contributed by atoms with Crippen LogP contribution in [0.25, 0.3) is 0 Å². The lowest BCUT2D eigenvalue weighted by atomic mass is 10.0. The van der Waals surface area contributed by atoms with Gasteiger partial charge < -0.3 is 15.8 Å². The average Bonchev–Trinajstić information content (AvgIpc) is 3.36. The smallest absolute Gasteiger partial charge is 0.255 e. The summed E-state index contributed by atoms with van der Waals surface area (Å²) in [7, 11) is 0. The number of ether oxygens (including phenoxy) is 1. The number of nitrogens with one attached hydrogen (secondary N) is 1. The van der Waals surface area contributed by atoms with Crippen molar-refractivity contribution in [3.63, 3.8) is 0 Å². The first-order valence-electron chi connectivity index (χ1n) is 8.34. The van der Waals surface area contributed by atoms with Crippen molar-refractivity contribution in [2.24, 2.45) is 11.7 Å². The lowest BCUT2D eigenvalue weighted by molar-refractivity contribution is -0.120. The molecule has 0 saturated heterocycles. The van der Waals surface area contributed by atoms with Crippen LogP contribution in [0.1, 0.15) is 29.0 Å². The molecular formula is C20H22N2O3. The Balaban J connectivity index is 1.62. The Kier molecular flexibility index (Phi) is 4.74. The lowest BCUT2D eigenvalue weighted by Crippen LogP contribution is -2.20. The lowest BCUT2D eigenvalue weighted by Gasteiger charge is -2.11. The van der Waals surface area contributed by atoms with E-state index < -0.39 is 5.91 Å². The second kappa shape index (κ2) is 6.97. The molecule has 2 atom stereocenters. The van der Waals surface area contributed by atoms with E-state index in [0.29, 0.717) is 11.7 Å². The van der Waals surface area contributed by atoms with Gasteiger partial charge in [-0.25, -0.2) is 0 Å². The minimum Gasteiger partial charge on any atom is -0.484 e. The van der Waals surface area contributed by atoms with Crippen LogP contribution in [0.15, 0.2) is 42.5 Å². The molecule has 0 unspecified atom stereocenters. The molecular weight excluding hydrogens is 316 g/mol.